The Balaban J connectivity index is 1.98. The number of nitrogens with one attached hydrogen (secondary N) is 1. The van der Waals surface area contributed by atoms with Crippen LogP contribution in [0.15, 0.2) is 29.3 Å². The molecule has 1 heterocycles. The number of aliphatic imine (C=N–C) groups is 1. The molecule has 1 saturated heterocycles. The fourth-order valence-electron chi connectivity index (χ4n) is 2.73. The van der Waals surface area contributed by atoms with E-state index in [-0.39, 0.29) is 5.75 Å². The van der Waals surface area contributed by atoms with E-state index in [0.717, 1.165) is 5.56 Å². The van der Waals surface area contributed by atoms with Crippen LogP contribution >= 0.6 is 0 Å². The first-order valence-corrected chi connectivity index (χ1v) is 8.75. The monoisotopic (exact) mass is 371 g/mol. The van der Waals surface area contributed by atoms with Gasteiger partial charge in [-0.15, -0.1) is 0 Å². The summed E-state index contributed by atoms with van der Waals surface area (Å²) in [5, 5.41) is 13.8. The molecule has 2 N–H and O–H groups in total. The van der Waals surface area contributed by atoms with Crippen molar-refractivity contribution in [2.75, 3.05) is 33.4 Å². The summed E-state index contributed by atoms with van der Waals surface area (Å²) >= 11 is 0. The van der Waals surface area contributed by atoms with E-state index in [0.29, 0.717) is 51.6 Å². The average Bonchev–Trinajstić information content (AvgIpc) is 2.60. The van der Waals surface area contributed by atoms with E-state index >= 15 is 0 Å². The molecule has 6 nitrogen and oxygen atoms in total. The fraction of sp³-hybridized carbons (Fsp3) is 0.611. The van der Waals surface area contributed by atoms with E-state index in [1.807, 2.05) is 18.9 Å². The van der Waals surface area contributed by atoms with Crippen LogP contribution in [0.3, 0.4) is 0 Å². The Bertz CT molecular complexity index is 576. The van der Waals surface area contributed by atoms with E-state index in [9.17, 15) is 13.9 Å². The molecule has 1 aromatic carbocycles. The van der Waals surface area contributed by atoms with Gasteiger partial charge in [-0.3, -0.25) is 4.99 Å². The molecule has 0 radical (unpaired) electrons. The lowest BCUT2D eigenvalue weighted by Crippen LogP contribution is -2.43. The highest BCUT2D eigenvalue weighted by atomic mass is 19.3. The van der Waals surface area contributed by atoms with E-state index in [2.05, 4.69) is 15.0 Å². The third-order valence-corrected chi connectivity index (χ3v) is 4.21. The minimum atomic E-state index is -2.83. The minimum Gasteiger partial charge on any atom is -0.435 e. The summed E-state index contributed by atoms with van der Waals surface area (Å²) in [5.41, 5.74) is 0.109. The van der Waals surface area contributed by atoms with E-state index in [1.165, 1.54) is 12.1 Å². The van der Waals surface area contributed by atoms with Crippen molar-refractivity contribution in [2.24, 2.45) is 4.99 Å². The van der Waals surface area contributed by atoms with Crippen LogP contribution in [-0.4, -0.2) is 61.5 Å². The van der Waals surface area contributed by atoms with Gasteiger partial charge in [-0.2, -0.15) is 8.78 Å². The third-order valence-electron chi connectivity index (χ3n) is 4.21. The molecule has 2 rings (SSSR count). The van der Waals surface area contributed by atoms with Crippen LogP contribution in [0.4, 0.5) is 8.78 Å². The maximum Gasteiger partial charge on any atom is 0.387 e. The molecule has 0 spiro atoms. The van der Waals surface area contributed by atoms with Crippen molar-refractivity contribution in [1.82, 2.24) is 10.2 Å². The van der Waals surface area contributed by atoms with Crippen LogP contribution in [0.2, 0.25) is 0 Å². The molecule has 0 amide bonds. The highest BCUT2D eigenvalue weighted by molar-refractivity contribution is 5.79. The first-order valence-electron chi connectivity index (χ1n) is 8.75. The Kier molecular flexibility index (Phi) is 7.59. The zero-order valence-electron chi connectivity index (χ0n) is 15.3. The number of hydrogen-bond acceptors (Lipinski definition) is 4. The minimum absolute atomic E-state index is 0.133. The molecule has 26 heavy (non-hydrogen) atoms. The van der Waals surface area contributed by atoms with E-state index in [4.69, 9.17) is 4.74 Å². The first kappa shape index (κ1) is 20.4. The van der Waals surface area contributed by atoms with Crippen LogP contribution in [0.1, 0.15) is 25.3 Å². The second-order valence-electron chi connectivity index (χ2n) is 6.39. The number of alkyl halides is 2. The third kappa shape index (κ3) is 6.42. The quantitative estimate of drug-likeness (QED) is 0.568. The second kappa shape index (κ2) is 9.68. The van der Waals surface area contributed by atoms with Gasteiger partial charge in [0.05, 0.1) is 12.1 Å². The smallest absolute Gasteiger partial charge is 0.387 e. The van der Waals surface area contributed by atoms with Crippen molar-refractivity contribution < 1.29 is 23.4 Å². The lowest BCUT2D eigenvalue weighted by molar-refractivity contribution is -0.0567. The Morgan fingerprint density at radius 2 is 2.00 bits per heavy atom. The summed E-state index contributed by atoms with van der Waals surface area (Å²) in [6, 6.07) is 6.52. The van der Waals surface area contributed by atoms with Gasteiger partial charge >= 0.3 is 6.61 Å². The molecule has 1 aliphatic heterocycles. The molecule has 0 saturated carbocycles. The van der Waals surface area contributed by atoms with Crippen molar-refractivity contribution in [3.05, 3.63) is 29.8 Å². The van der Waals surface area contributed by atoms with Gasteiger partial charge in [0.25, 0.3) is 0 Å². The highest BCUT2D eigenvalue weighted by Gasteiger charge is 2.29. The average molecular weight is 371 g/mol. The number of hydrogen-bond donors (Lipinski definition) is 2. The number of guanidine groups is 1. The molecule has 0 unspecified atom stereocenters. The van der Waals surface area contributed by atoms with Crippen LogP contribution in [0, 0.1) is 0 Å². The number of halogens is 2. The molecular weight excluding hydrogens is 344 g/mol. The van der Waals surface area contributed by atoms with E-state index < -0.39 is 12.2 Å². The van der Waals surface area contributed by atoms with Crippen molar-refractivity contribution >= 4 is 5.96 Å². The summed E-state index contributed by atoms with van der Waals surface area (Å²) in [5.74, 6) is 0.814. The van der Waals surface area contributed by atoms with Gasteiger partial charge in [-0.25, -0.2) is 0 Å². The molecule has 0 aliphatic carbocycles. The van der Waals surface area contributed by atoms with Gasteiger partial charge in [0.2, 0.25) is 0 Å². The van der Waals surface area contributed by atoms with Gasteiger partial charge in [-0.05, 0) is 24.6 Å². The molecule has 1 fully saturated rings. The van der Waals surface area contributed by atoms with Crippen molar-refractivity contribution in [3.8, 4) is 5.75 Å². The lowest BCUT2D eigenvalue weighted by Gasteiger charge is -2.31. The Morgan fingerprint density at radius 1 is 1.35 bits per heavy atom. The summed E-state index contributed by atoms with van der Waals surface area (Å²) in [4.78, 5) is 6.49. The Hall–Kier alpha value is -1.93. The predicted molar refractivity (Wildman–Crippen MR) is 95.5 cm³/mol. The van der Waals surface area contributed by atoms with Crippen molar-refractivity contribution in [3.63, 3.8) is 0 Å². The van der Waals surface area contributed by atoms with Gasteiger partial charge in [0, 0.05) is 46.2 Å². The van der Waals surface area contributed by atoms with Crippen LogP contribution < -0.4 is 10.1 Å². The molecule has 0 bridgehead atoms. The number of ether oxygens (including phenoxy) is 2. The zero-order chi connectivity index (χ0) is 19.0. The number of aliphatic hydroxyl groups is 1. The molecule has 8 heteroatoms. The predicted octanol–water partition coefficient (Wildman–Crippen LogP) is 2.23. The van der Waals surface area contributed by atoms with Crippen LogP contribution in [0.25, 0.3) is 0 Å². The largest absolute Gasteiger partial charge is 0.435 e. The molecular formula is C18H27F2N3O3. The lowest BCUT2D eigenvalue weighted by atomic mass is 9.95. The van der Waals surface area contributed by atoms with Gasteiger partial charge in [0.1, 0.15) is 5.75 Å². The zero-order valence-corrected chi connectivity index (χ0v) is 15.3. The van der Waals surface area contributed by atoms with Crippen molar-refractivity contribution in [2.45, 2.75) is 38.5 Å². The Labute approximate surface area is 152 Å². The second-order valence-corrected chi connectivity index (χ2v) is 6.39. The molecule has 146 valence electrons. The maximum atomic E-state index is 12.2. The summed E-state index contributed by atoms with van der Waals surface area (Å²) in [6.45, 7) is 1.80. The van der Waals surface area contributed by atoms with Gasteiger partial charge in [0.15, 0.2) is 5.96 Å². The summed E-state index contributed by atoms with van der Waals surface area (Å²) in [7, 11) is 1.89. The molecule has 0 atom stereocenters. The standard InChI is InChI=1S/C18H27F2N3O3/c1-3-21-17(22-13-18(24)8-10-25-11-9-18)23(2)12-14-4-6-15(7-5-14)26-16(19)20/h4-7,16,24H,3,8-13H2,1-2H3,(H,21,22). The summed E-state index contributed by atoms with van der Waals surface area (Å²) in [6.07, 6.45) is 1.15. The van der Waals surface area contributed by atoms with E-state index in [1.54, 1.807) is 12.1 Å². The molecule has 1 aliphatic rings. The Morgan fingerprint density at radius 3 is 2.58 bits per heavy atom. The first-order chi connectivity index (χ1) is 12.4. The molecule has 1 aromatic rings. The SMILES string of the molecule is CCNC(=NCC1(O)CCOCC1)N(C)Cc1ccc(OC(F)F)cc1. The number of nitrogens with zero attached hydrogens (tertiary/aromatic N) is 2. The normalized spacial score (nSPS) is 17.2. The van der Waals surface area contributed by atoms with Gasteiger partial charge in [-0.1, -0.05) is 12.1 Å². The van der Waals surface area contributed by atoms with Crippen LogP contribution in [-0.2, 0) is 11.3 Å². The molecule has 0 aromatic heterocycles. The number of benzene rings is 1. The maximum absolute atomic E-state index is 12.2. The van der Waals surface area contributed by atoms with Crippen molar-refractivity contribution in [1.29, 1.82) is 0 Å². The summed E-state index contributed by atoms with van der Waals surface area (Å²) < 4.78 is 34.1. The van der Waals surface area contributed by atoms with Gasteiger partial charge < -0.3 is 24.8 Å². The fourth-order valence-corrected chi connectivity index (χ4v) is 2.73. The highest BCUT2D eigenvalue weighted by Crippen LogP contribution is 2.21. The van der Waals surface area contributed by atoms with Crippen LogP contribution in [0.5, 0.6) is 5.75 Å². The number of rotatable bonds is 7. The topological polar surface area (TPSA) is 66.3 Å².